The van der Waals surface area contributed by atoms with E-state index < -0.39 is 11.9 Å². The van der Waals surface area contributed by atoms with E-state index in [1.54, 1.807) is 6.07 Å². The number of nitrogens with two attached hydrogens (primary N) is 1. The molecule has 22 heavy (non-hydrogen) atoms. The van der Waals surface area contributed by atoms with Crippen molar-refractivity contribution >= 4 is 23.5 Å². The number of benzene rings is 2. The highest BCUT2D eigenvalue weighted by Gasteiger charge is 2.17. The molecule has 0 aliphatic heterocycles. The number of hydrogen-bond donors (Lipinski definition) is 1. The Balaban J connectivity index is 2.09. The fourth-order valence-corrected chi connectivity index (χ4v) is 1.95. The van der Waals surface area contributed by atoms with E-state index in [1.807, 2.05) is 30.3 Å². The first-order valence-electron chi connectivity index (χ1n) is 6.52. The summed E-state index contributed by atoms with van der Waals surface area (Å²) in [6.45, 7) is -0.151. The Bertz CT molecular complexity index is 673. The lowest BCUT2D eigenvalue weighted by Gasteiger charge is -2.09. The van der Waals surface area contributed by atoms with Gasteiger partial charge in [0, 0.05) is 0 Å². The Kier molecular flexibility index (Phi) is 5.52. The minimum Gasteiger partial charge on any atom is -0.457 e. The number of hydrogen-bond acceptors (Lipinski definition) is 5. The second-order valence-electron chi connectivity index (χ2n) is 4.36. The van der Waals surface area contributed by atoms with Gasteiger partial charge in [0.2, 0.25) is 0 Å². The minimum atomic E-state index is -0.642. The molecule has 0 unspecified atom stereocenters. The Morgan fingerprint density at radius 1 is 1.05 bits per heavy atom. The summed E-state index contributed by atoms with van der Waals surface area (Å²) in [5.41, 5.74) is 6.15. The average molecular weight is 320 g/mol. The zero-order chi connectivity index (χ0) is 15.9. The van der Waals surface area contributed by atoms with E-state index in [4.69, 9.17) is 26.8 Å². The Morgan fingerprint density at radius 2 is 1.77 bits per heavy atom. The van der Waals surface area contributed by atoms with Gasteiger partial charge in [0.1, 0.15) is 12.4 Å². The maximum Gasteiger partial charge on any atom is 0.340 e. The van der Waals surface area contributed by atoms with Crippen molar-refractivity contribution in [2.24, 2.45) is 5.73 Å². The molecule has 0 radical (unpaired) electrons. The summed E-state index contributed by atoms with van der Waals surface area (Å²) in [5, 5.41) is 0.0161. The fourth-order valence-electron chi connectivity index (χ4n) is 1.71. The summed E-state index contributed by atoms with van der Waals surface area (Å²) in [5.74, 6) is -1.16. The molecule has 5 nitrogen and oxygen atoms in total. The van der Waals surface area contributed by atoms with Crippen molar-refractivity contribution in [2.45, 2.75) is 6.61 Å². The third-order valence-corrected chi connectivity index (χ3v) is 3.18. The van der Waals surface area contributed by atoms with Gasteiger partial charge in [-0.3, -0.25) is 4.79 Å². The predicted molar refractivity (Wildman–Crippen MR) is 81.7 cm³/mol. The molecule has 0 atom stereocenters. The van der Waals surface area contributed by atoms with Crippen LogP contribution in [0.1, 0.15) is 15.9 Å². The third kappa shape index (κ3) is 4.07. The average Bonchev–Trinajstić information content (AvgIpc) is 2.55. The van der Waals surface area contributed by atoms with Gasteiger partial charge in [-0.25, -0.2) is 4.79 Å². The van der Waals surface area contributed by atoms with Crippen LogP contribution in [0.15, 0.2) is 48.5 Å². The van der Waals surface area contributed by atoms with Crippen LogP contribution in [0.5, 0.6) is 5.75 Å². The summed E-state index contributed by atoms with van der Waals surface area (Å²) in [6.07, 6.45) is 0. The molecule has 2 rings (SSSR count). The first kappa shape index (κ1) is 16.0. The second kappa shape index (κ2) is 7.59. The number of ether oxygens (including phenoxy) is 2. The number of halogens is 1. The van der Waals surface area contributed by atoms with E-state index in [1.165, 1.54) is 12.1 Å². The largest absolute Gasteiger partial charge is 0.457 e. The lowest BCUT2D eigenvalue weighted by molar-refractivity contribution is -0.132. The van der Waals surface area contributed by atoms with Gasteiger partial charge in [-0.2, -0.15) is 0 Å². The smallest absolute Gasteiger partial charge is 0.340 e. The lowest BCUT2D eigenvalue weighted by atomic mass is 10.2. The van der Waals surface area contributed by atoms with Crippen LogP contribution in [0.25, 0.3) is 0 Å². The molecule has 0 aliphatic carbocycles. The van der Waals surface area contributed by atoms with Gasteiger partial charge in [0.15, 0.2) is 0 Å². The van der Waals surface area contributed by atoms with E-state index in [0.29, 0.717) is 0 Å². The predicted octanol–water partition coefficient (Wildman–Crippen LogP) is 2.56. The highest BCUT2D eigenvalue weighted by Crippen LogP contribution is 2.29. The van der Waals surface area contributed by atoms with E-state index in [0.717, 1.165) is 5.56 Å². The van der Waals surface area contributed by atoms with Crippen LogP contribution in [0.4, 0.5) is 0 Å². The summed E-state index contributed by atoms with van der Waals surface area (Å²) in [4.78, 5) is 23.3. The molecule has 0 heterocycles. The van der Waals surface area contributed by atoms with Crippen LogP contribution in [-0.2, 0) is 16.1 Å². The van der Waals surface area contributed by atoms with Gasteiger partial charge < -0.3 is 15.2 Å². The van der Waals surface area contributed by atoms with Crippen molar-refractivity contribution in [3.8, 4) is 5.75 Å². The Hall–Kier alpha value is -2.37. The van der Waals surface area contributed by atoms with Crippen LogP contribution in [-0.4, -0.2) is 18.5 Å². The first-order chi connectivity index (χ1) is 10.6. The van der Waals surface area contributed by atoms with Gasteiger partial charge >= 0.3 is 11.9 Å². The van der Waals surface area contributed by atoms with Crippen molar-refractivity contribution in [3.05, 3.63) is 64.7 Å². The topological polar surface area (TPSA) is 78.6 Å². The van der Waals surface area contributed by atoms with Crippen LogP contribution in [0, 0.1) is 0 Å². The Labute approximate surface area is 132 Å². The first-order valence-corrected chi connectivity index (χ1v) is 6.90. The number of esters is 2. The fraction of sp³-hybridized carbons (Fsp3) is 0.125. The van der Waals surface area contributed by atoms with E-state index >= 15 is 0 Å². The molecule has 2 N–H and O–H groups in total. The van der Waals surface area contributed by atoms with Gasteiger partial charge in [-0.1, -0.05) is 48.0 Å². The summed E-state index contributed by atoms with van der Waals surface area (Å²) >= 11 is 6.07. The quantitative estimate of drug-likeness (QED) is 0.677. The highest BCUT2D eigenvalue weighted by molar-refractivity contribution is 6.35. The van der Waals surface area contributed by atoms with E-state index in [2.05, 4.69) is 0 Å². The number of carbonyl (C=O) groups is 2. The maximum atomic E-state index is 12.1. The highest BCUT2D eigenvalue weighted by atomic mass is 35.5. The van der Waals surface area contributed by atoms with Crippen LogP contribution in [0.2, 0.25) is 5.02 Å². The van der Waals surface area contributed by atoms with E-state index in [9.17, 15) is 9.59 Å². The van der Waals surface area contributed by atoms with Crippen LogP contribution >= 0.6 is 11.6 Å². The molecule has 0 aliphatic rings. The molecule has 0 fully saturated rings. The summed E-state index contributed by atoms with van der Waals surface area (Å²) in [7, 11) is 0. The van der Waals surface area contributed by atoms with Crippen molar-refractivity contribution in [1.29, 1.82) is 0 Å². The van der Waals surface area contributed by atoms with Crippen LogP contribution in [0.3, 0.4) is 0 Å². The van der Waals surface area contributed by atoms with Crippen LogP contribution < -0.4 is 10.5 Å². The van der Waals surface area contributed by atoms with E-state index in [-0.39, 0.29) is 29.5 Å². The molecule has 6 heteroatoms. The SMILES string of the molecule is NCC(=O)Oc1cccc(C(=O)OCc2ccccc2)c1Cl. The van der Waals surface area contributed by atoms with Gasteiger partial charge in [0.05, 0.1) is 17.1 Å². The van der Waals surface area contributed by atoms with Crippen molar-refractivity contribution in [1.82, 2.24) is 0 Å². The molecule has 2 aromatic carbocycles. The molecule has 0 aromatic heterocycles. The van der Waals surface area contributed by atoms with Crippen molar-refractivity contribution in [2.75, 3.05) is 6.54 Å². The monoisotopic (exact) mass is 319 g/mol. The molecule has 0 saturated carbocycles. The maximum absolute atomic E-state index is 12.1. The van der Waals surface area contributed by atoms with Gasteiger partial charge in [0.25, 0.3) is 0 Å². The molecule has 0 spiro atoms. The number of rotatable bonds is 5. The summed E-state index contributed by atoms with van der Waals surface area (Å²) in [6, 6.07) is 13.8. The molecule has 0 saturated heterocycles. The van der Waals surface area contributed by atoms with Gasteiger partial charge in [-0.15, -0.1) is 0 Å². The number of carbonyl (C=O) groups excluding carboxylic acids is 2. The summed E-state index contributed by atoms with van der Waals surface area (Å²) < 4.78 is 10.1. The zero-order valence-electron chi connectivity index (χ0n) is 11.6. The third-order valence-electron chi connectivity index (χ3n) is 2.79. The molecular formula is C16H14ClNO4. The zero-order valence-corrected chi connectivity index (χ0v) is 12.4. The second-order valence-corrected chi connectivity index (χ2v) is 4.74. The molecular weight excluding hydrogens is 306 g/mol. The molecule has 2 aromatic rings. The van der Waals surface area contributed by atoms with Crippen molar-refractivity contribution in [3.63, 3.8) is 0 Å². The molecule has 0 amide bonds. The standard InChI is InChI=1S/C16H14ClNO4/c17-15-12(7-4-8-13(15)22-14(19)9-18)16(20)21-10-11-5-2-1-3-6-11/h1-8H,9-10,18H2. The van der Waals surface area contributed by atoms with Gasteiger partial charge in [-0.05, 0) is 17.7 Å². The lowest BCUT2D eigenvalue weighted by Crippen LogP contribution is -2.20. The molecule has 114 valence electrons. The Morgan fingerprint density at radius 3 is 2.45 bits per heavy atom. The van der Waals surface area contributed by atoms with Crippen molar-refractivity contribution < 1.29 is 19.1 Å². The minimum absolute atomic E-state index is 0.0161. The normalized spacial score (nSPS) is 10.1. The molecule has 0 bridgehead atoms.